The Labute approximate surface area is 126 Å². The molecule has 21 heavy (non-hydrogen) atoms. The fourth-order valence-corrected chi connectivity index (χ4v) is 4.84. The van der Waals surface area contributed by atoms with Crippen molar-refractivity contribution in [2.24, 2.45) is 5.92 Å². The topological polar surface area (TPSA) is 49.9 Å². The first-order valence-corrected chi connectivity index (χ1v) is 8.78. The van der Waals surface area contributed by atoms with Crippen LogP contribution in [-0.4, -0.2) is 50.1 Å². The van der Waals surface area contributed by atoms with Crippen LogP contribution in [0.2, 0.25) is 0 Å². The van der Waals surface area contributed by atoms with Gasteiger partial charge >= 0.3 is 0 Å². The number of fused-ring (bicyclic) bond motifs is 2. The van der Waals surface area contributed by atoms with Gasteiger partial charge in [-0.15, -0.1) is 0 Å². The van der Waals surface area contributed by atoms with Gasteiger partial charge < -0.3 is 0 Å². The molecule has 2 aliphatic heterocycles. The first kappa shape index (κ1) is 15.0. The van der Waals surface area contributed by atoms with Crippen molar-refractivity contribution in [1.29, 1.82) is 0 Å². The summed E-state index contributed by atoms with van der Waals surface area (Å²) in [5.41, 5.74) is 1.06. The highest BCUT2D eigenvalue weighted by atomic mass is 32.2. The van der Waals surface area contributed by atoms with Crippen LogP contribution in [-0.2, 0) is 14.9 Å². The Hall–Kier alpha value is -0.950. The minimum Gasteiger partial charge on any atom is -0.294 e. The van der Waals surface area contributed by atoms with E-state index < -0.39 is 10.0 Å². The van der Waals surface area contributed by atoms with Gasteiger partial charge in [0.1, 0.15) is 0 Å². The van der Waals surface area contributed by atoms with Crippen molar-refractivity contribution in [3.05, 3.63) is 29.8 Å². The van der Waals surface area contributed by atoms with E-state index in [1.165, 1.54) is 0 Å². The normalized spacial score (nSPS) is 31.3. The Morgan fingerprint density at radius 3 is 2.52 bits per heavy atom. The molecule has 0 aliphatic carbocycles. The summed E-state index contributed by atoms with van der Waals surface area (Å²) in [6, 6.07) is 7.35. The van der Waals surface area contributed by atoms with E-state index in [9.17, 15) is 8.42 Å². The lowest BCUT2D eigenvalue weighted by Gasteiger charge is -2.31. The molecule has 0 saturated carbocycles. The lowest BCUT2D eigenvalue weighted by atomic mass is 9.99. The van der Waals surface area contributed by atoms with Crippen LogP contribution in [0.25, 0.3) is 0 Å². The zero-order valence-corrected chi connectivity index (χ0v) is 13.5. The molecule has 116 valence electrons. The van der Waals surface area contributed by atoms with Crippen LogP contribution >= 0.6 is 0 Å². The van der Waals surface area contributed by atoms with Gasteiger partial charge in [-0.1, -0.05) is 24.6 Å². The molecule has 5 nitrogen and oxygen atoms in total. The summed E-state index contributed by atoms with van der Waals surface area (Å²) in [4.78, 5) is 6.11. The summed E-state index contributed by atoms with van der Waals surface area (Å²) >= 11 is 0. The molecule has 2 fully saturated rings. The highest BCUT2D eigenvalue weighted by molar-refractivity contribution is 7.89. The molecule has 0 unspecified atom stereocenters. The summed E-state index contributed by atoms with van der Waals surface area (Å²) in [7, 11) is -1.50. The van der Waals surface area contributed by atoms with Gasteiger partial charge in [0.2, 0.25) is 10.0 Å². The number of nitrogens with zero attached hydrogens (tertiary/aromatic N) is 2. The third-order valence-electron chi connectivity index (χ3n) is 4.50. The lowest BCUT2D eigenvalue weighted by Crippen LogP contribution is -2.43. The summed E-state index contributed by atoms with van der Waals surface area (Å²) in [5, 5.41) is 1.89. The minimum absolute atomic E-state index is 0.0369. The summed E-state index contributed by atoms with van der Waals surface area (Å²) in [5.74, 6) is 0.253. The molecule has 3 atom stereocenters. The van der Waals surface area contributed by atoms with Crippen molar-refractivity contribution < 1.29 is 13.3 Å². The smallest absolute Gasteiger partial charge is 0.243 e. The maximum atomic E-state index is 12.8. The first-order valence-electron chi connectivity index (χ1n) is 7.34. The molecule has 1 aromatic carbocycles. The van der Waals surface area contributed by atoms with Gasteiger partial charge in [0.05, 0.1) is 11.0 Å². The first-order chi connectivity index (χ1) is 9.88. The lowest BCUT2D eigenvalue weighted by molar-refractivity contribution is -0.159. The Balaban J connectivity index is 1.88. The van der Waals surface area contributed by atoms with Crippen LogP contribution < -0.4 is 0 Å². The maximum absolute atomic E-state index is 12.8. The summed E-state index contributed by atoms with van der Waals surface area (Å²) in [6.45, 7) is 5.02. The van der Waals surface area contributed by atoms with E-state index in [4.69, 9.17) is 4.84 Å². The molecule has 6 heteroatoms. The number of aryl methyl sites for hydroxylation is 1. The third kappa shape index (κ3) is 2.73. The van der Waals surface area contributed by atoms with E-state index in [0.29, 0.717) is 24.0 Å². The largest absolute Gasteiger partial charge is 0.294 e. The Bertz CT molecular complexity index is 612. The van der Waals surface area contributed by atoms with Gasteiger partial charge in [0, 0.05) is 26.2 Å². The zero-order chi connectivity index (χ0) is 15.2. The molecule has 0 spiro atoms. The zero-order valence-electron chi connectivity index (χ0n) is 12.7. The standard InChI is InChI=1S/C15H22N2O3S/c1-11-4-6-14(7-5-11)21(18,19)17-9-12(2)15-8-13(10-17)20-16(15)3/h4-7,12-13,15H,8-10H2,1-3H3/t12-,13+,15-/m1/s1. The number of sulfonamides is 1. The van der Waals surface area contributed by atoms with Gasteiger partial charge in [0.25, 0.3) is 0 Å². The van der Waals surface area contributed by atoms with E-state index in [0.717, 1.165) is 12.0 Å². The van der Waals surface area contributed by atoms with Gasteiger partial charge in [-0.2, -0.15) is 9.37 Å². The molecule has 2 aliphatic rings. The molecule has 0 aromatic heterocycles. The average molecular weight is 310 g/mol. The van der Waals surface area contributed by atoms with E-state index in [-0.39, 0.29) is 12.0 Å². The molecular formula is C15H22N2O3S. The SMILES string of the molecule is Cc1ccc(S(=O)(=O)N2C[C@@H]3C[C@H]([C@H](C)C2)N(C)O3)cc1. The highest BCUT2D eigenvalue weighted by Gasteiger charge is 2.42. The van der Waals surface area contributed by atoms with Gasteiger partial charge in [-0.05, 0) is 31.4 Å². The number of hydroxylamine groups is 2. The molecule has 0 radical (unpaired) electrons. The molecule has 2 bridgehead atoms. The Morgan fingerprint density at radius 1 is 1.19 bits per heavy atom. The fraction of sp³-hybridized carbons (Fsp3) is 0.600. The highest BCUT2D eigenvalue weighted by Crippen LogP contribution is 2.32. The van der Waals surface area contributed by atoms with E-state index >= 15 is 0 Å². The molecule has 0 amide bonds. The quantitative estimate of drug-likeness (QED) is 0.833. The Kier molecular flexibility index (Phi) is 3.81. The van der Waals surface area contributed by atoms with Crippen molar-refractivity contribution >= 4 is 10.0 Å². The molecule has 0 N–H and O–H groups in total. The van der Waals surface area contributed by atoms with Crippen LogP contribution in [0.3, 0.4) is 0 Å². The van der Waals surface area contributed by atoms with Crippen molar-refractivity contribution in [2.45, 2.75) is 37.3 Å². The molecule has 1 aromatic rings. The van der Waals surface area contributed by atoms with E-state index in [2.05, 4.69) is 6.92 Å². The Morgan fingerprint density at radius 2 is 1.86 bits per heavy atom. The van der Waals surface area contributed by atoms with Crippen LogP contribution in [0.1, 0.15) is 18.9 Å². The van der Waals surface area contributed by atoms with Crippen LogP contribution in [0.15, 0.2) is 29.2 Å². The second-order valence-corrected chi connectivity index (χ2v) is 8.13. The maximum Gasteiger partial charge on any atom is 0.243 e. The van der Waals surface area contributed by atoms with Crippen molar-refractivity contribution in [1.82, 2.24) is 9.37 Å². The average Bonchev–Trinajstić information content (AvgIpc) is 2.69. The summed E-state index contributed by atoms with van der Waals surface area (Å²) in [6.07, 6.45) is 0.864. The number of hydrogen-bond donors (Lipinski definition) is 0. The molecule has 2 heterocycles. The predicted octanol–water partition coefficient (Wildman–Crippen LogP) is 1.64. The van der Waals surface area contributed by atoms with E-state index in [1.807, 2.05) is 31.2 Å². The van der Waals surface area contributed by atoms with Crippen LogP contribution in [0.5, 0.6) is 0 Å². The number of benzene rings is 1. The minimum atomic E-state index is -3.44. The summed E-state index contributed by atoms with van der Waals surface area (Å²) < 4.78 is 27.2. The number of rotatable bonds is 2. The molecular weight excluding hydrogens is 288 g/mol. The number of hydrogen-bond acceptors (Lipinski definition) is 4. The fourth-order valence-electron chi connectivity index (χ4n) is 3.27. The van der Waals surface area contributed by atoms with Crippen molar-refractivity contribution in [3.63, 3.8) is 0 Å². The van der Waals surface area contributed by atoms with Crippen molar-refractivity contribution in [3.8, 4) is 0 Å². The molecule has 2 saturated heterocycles. The molecule has 3 rings (SSSR count). The second-order valence-electron chi connectivity index (χ2n) is 6.19. The second kappa shape index (κ2) is 5.35. The van der Waals surface area contributed by atoms with Gasteiger partial charge in [-0.3, -0.25) is 4.84 Å². The van der Waals surface area contributed by atoms with Crippen LogP contribution in [0, 0.1) is 12.8 Å². The van der Waals surface area contributed by atoms with Gasteiger partial charge in [0.15, 0.2) is 0 Å². The van der Waals surface area contributed by atoms with E-state index in [1.54, 1.807) is 16.4 Å². The third-order valence-corrected chi connectivity index (χ3v) is 6.35. The van der Waals surface area contributed by atoms with Crippen molar-refractivity contribution in [2.75, 3.05) is 20.1 Å². The van der Waals surface area contributed by atoms with Crippen LogP contribution in [0.4, 0.5) is 0 Å². The van der Waals surface area contributed by atoms with Gasteiger partial charge in [-0.25, -0.2) is 8.42 Å². The monoisotopic (exact) mass is 310 g/mol. The predicted molar refractivity (Wildman–Crippen MR) is 80.1 cm³/mol.